The summed E-state index contributed by atoms with van der Waals surface area (Å²) >= 11 is 8.22. The highest BCUT2D eigenvalue weighted by Crippen LogP contribution is 2.34. The molecule has 0 N–H and O–H groups in total. The number of rotatable bonds is 2. The minimum Gasteiger partial charge on any atom is -0.370 e. The lowest BCUT2D eigenvalue weighted by Gasteiger charge is -2.11. The largest absolute Gasteiger partial charge is 0.370 e. The number of hydrogen-bond acceptors (Lipinski definition) is 3. The Balaban J connectivity index is 2.20. The maximum atomic E-state index is 12.1. The second-order valence-electron chi connectivity index (χ2n) is 3.65. The summed E-state index contributed by atoms with van der Waals surface area (Å²) in [5.41, 5.74) is 0. The van der Waals surface area contributed by atoms with Crippen LogP contribution in [0.25, 0.3) is 0 Å². The predicted octanol–water partition coefficient (Wildman–Crippen LogP) is 3.88. The smallest absolute Gasteiger partial charge is 0.201 e. The van der Waals surface area contributed by atoms with E-state index < -0.39 is 0 Å². The first-order chi connectivity index (χ1) is 7.09. The van der Waals surface area contributed by atoms with E-state index in [1.54, 1.807) is 0 Å². The number of halogens is 2. The van der Waals surface area contributed by atoms with Gasteiger partial charge in [-0.1, -0.05) is 6.92 Å². The summed E-state index contributed by atoms with van der Waals surface area (Å²) in [6.07, 6.45) is 0.729. The fourth-order valence-electron chi connectivity index (χ4n) is 1.64. The van der Waals surface area contributed by atoms with Crippen LogP contribution in [-0.4, -0.2) is 18.5 Å². The molecule has 5 heteroatoms. The molecule has 2 unspecified atom stereocenters. The van der Waals surface area contributed by atoms with Crippen molar-refractivity contribution in [1.82, 2.24) is 0 Å². The second kappa shape index (κ2) is 4.65. The molecular weight excluding hydrogens is 344 g/mol. The minimum atomic E-state index is -0.248. The predicted molar refractivity (Wildman–Crippen MR) is 67.6 cm³/mol. The second-order valence-corrected chi connectivity index (χ2v) is 6.88. The van der Waals surface area contributed by atoms with Crippen LogP contribution in [0.5, 0.6) is 0 Å². The van der Waals surface area contributed by atoms with Crippen LogP contribution in [0, 0.1) is 5.92 Å². The monoisotopic (exact) mass is 352 g/mol. The van der Waals surface area contributed by atoms with Gasteiger partial charge in [0.1, 0.15) is 6.10 Å². The van der Waals surface area contributed by atoms with Gasteiger partial charge in [0, 0.05) is 11.1 Å². The number of ether oxygens (including phenoxy) is 1. The number of Topliss-reactive ketones (excluding diaryl/α,β-unsaturated/α-hetero) is 1. The third kappa shape index (κ3) is 2.35. The van der Waals surface area contributed by atoms with Gasteiger partial charge >= 0.3 is 0 Å². The van der Waals surface area contributed by atoms with Crippen molar-refractivity contribution < 1.29 is 9.53 Å². The molecule has 15 heavy (non-hydrogen) atoms. The molecule has 2 heterocycles. The molecule has 2 atom stereocenters. The van der Waals surface area contributed by atoms with Crippen molar-refractivity contribution in [1.29, 1.82) is 0 Å². The van der Waals surface area contributed by atoms with Crippen LogP contribution in [0.4, 0.5) is 0 Å². The topological polar surface area (TPSA) is 26.3 Å². The highest BCUT2D eigenvalue weighted by Gasteiger charge is 2.32. The Morgan fingerprint density at radius 3 is 2.80 bits per heavy atom. The molecule has 82 valence electrons. The van der Waals surface area contributed by atoms with Crippen molar-refractivity contribution in [3.63, 3.8) is 0 Å². The molecular formula is C10H10Br2O2S. The van der Waals surface area contributed by atoms with Gasteiger partial charge in [0.25, 0.3) is 0 Å². The summed E-state index contributed by atoms with van der Waals surface area (Å²) in [5, 5.41) is 0. The lowest BCUT2D eigenvalue weighted by Crippen LogP contribution is -2.24. The molecule has 0 spiro atoms. The Bertz CT molecular complexity index is 369. The molecule has 2 nitrogen and oxygen atoms in total. The zero-order valence-electron chi connectivity index (χ0n) is 8.13. The SMILES string of the molecule is CC1CCOC1C(=O)c1cc(Br)c(Br)s1. The Labute approximate surface area is 109 Å². The van der Waals surface area contributed by atoms with Gasteiger partial charge < -0.3 is 4.74 Å². The molecule has 0 aromatic carbocycles. The molecule has 1 aliphatic rings. The molecule has 1 saturated heterocycles. The van der Waals surface area contributed by atoms with Gasteiger partial charge in [-0.15, -0.1) is 11.3 Å². The molecule has 1 aliphatic heterocycles. The zero-order valence-corrected chi connectivity index (χ0v) is 12.1. The fourth-order valence-corrected chi connectivity index (χ4v) is 3.64. The Morgan fingerprint density at radius 1 is 1.60 bits per heavy atom. The van der Waals surface area contributed by atoms with Crippen molar-refractivity contribution >= 4 is 49.0 Å². The maximum Gasteiger partial charge on any atom is 0.201 e. The Kier molecular flexibility index (Phi) is 3.65. The molecule has 0 aliphatic carbocycles. The summed E-state index contributed by atoms with van der Waals surface area (Å²) in [4.78, 5) is 12.8. The third-order valence-corrected chi connectivity index (χ3v) is 5.80. The average molecular weight is 354 g/mol. The summed E-state index contributed by atoms with van der Waals surface area (Å²) in [6.45, 7) is 2.76. The molecule has 0 amide bonds. The lowest BCUT2D eigenvalue weighted by molar-refractivity contribution is 0.0583. The van der Waals surface area contributed by atoms with Crippen LogP contribution < -0.4 is 0 Å². The van der Waals surface area contributed by atoms with E-state index in [1.165, 1.54) is 11.3 Å². The molecule has 1 aromatic heterocycles. The summed E-state index contributed by atoms with van der Waals surface area (Å²) in [7, 11) is 0. The number of thiophene rings is 1. The number of ketones is 1. The van der Waals surface area contributed by atoms with Crippen molar-refractivity contribution in [2.45, 2.75) is 19.4 Å². The van der Waals surface area contributed by atoms with Gasteiger partial charge in [-0.05, 0) is 50.3 Å². The van der Waals surface area contributed by atoms with E-state index in [0.717, 1.165) is 19.6 Å². The number of hydrogen-bond donors (Lipinski definition) is 0. The van der Waals surface area contributed by atoms with Crippen LogP contribution in [0.1, 0.15) is 23.0 Å². The lowest BCUT2D eigenvalue weighted by atomic mass is 10.00. The van der Waals surface area contributed by atoms with E-state index >= 15 is 0 Å². The number of carbonyl (C=O) groups is 1. The van der Waals surface area contributed by atoms with Gasteiger partial charge in [0.2, 0.25) is 5.78 Å². The fraction of sp³-hybridized carbons (Fsp3) is 0.500. The van der Waals surface area contributed by atoms with Crippen LogP contribution >= 0.6 is 43.2 Å². The van der Waals surface area contributed by atoms with E-state index in [9.17, 15) is 4.79 Å². The normalized spacial score (nSPS) is 25.8. The zero-order chi connectivity index (χ0) is 11.0. The van der Waals surface area contributed by atoms with Gasteiger partial charge in [-0.3, -0.25) is 4.79 Å². The van der Waals surface area contributed by atoms with Gasteiger partial charge in [0.05, 0.1) is 8.66 Å². The van der Waals surface area contributed by atoms with E-state index in [-0.39, 0.29) is 11.9 Å². The number of carbonyl (C=O) groups excluding carboxylic acids is 1. The van der Waals surface area contributed by atoms with E-state index in [1.807, 2.05) is 6.07 Å². The van der Waals surface area contributed by atoms with Crippen molar-refractivity contribution in [3.05, 3.63) is 19.2 Å². The summed E-state index contributed by atoms with van der Waals surface area (Å²) < 4.78 is 7.34. The van der Waals surface area contributed by atoms with Crippen LogP contribution in [0.3, 0.4) is 0 Å². The first kappa shape index (κ1) is 11.8. The van der Waals surface area contributed by atoms with Crippen LogP contribution in [-0.2, 0) is 4.74 Å². The van der Waals surface area contributed by atoms with E-state index in [0.29, 0.717) is 12.5 Å². The third-order valence-electron chi connectivity index (χ3n) is 2.53. The van der Waals surface area contributed by atoms with E-state index in [2.05, 4.69) is 38.8 Å². The molecule has 1 fully saturated rings. The van der Waals surface area contributed by atoms with Crippen LogP contribution in [0.15, 0.2) is 14.3 Å². The molecule has 0 radical (unpaired) electrons. The molecule has 0 saturated carbocycles. The summed E-state index contributed by atoms with van der Waals surface area (Å²) in [6, 6.07) is 1.85. The van der Waals surface area contributed by atoms with Crippen molar-refractivity contribution in [2.24, 2.45) is 5.92 Å². The Hall–Kier alpha value is 0.290. The van der Waals surface area contributed by atoms with Gasteiger partial charge in [0.15, 0.2) is 0 Å². The maximum absolute atomic E-state index is 12.1. The molecule has 0 bridgehead atoms. The standard InChI is InChI=1S/C10H10Br2O2S/c1-5-2-3-14-9(5)8(13)7-4-6(11)10(12)15-7/h4-5,9H,2-3H2,1H3. The highest BCUT2D eigenvalue weighted by molar-refractivity contribution is 9.13. The molecule has 2 rings (SSSR count). The minimum absolute atomic E-state index is 0.108. The van der Waals surface area contributed by atoms with Gasteiger partial charge in [-0.2, -0.15) is 0 Å². The van der Waals surface area contributed by atoms with E-state index in [4.69, 9.17) is 4.74 Å². The van der Waals surface area contributed by atoms with Gasteiger partial charge in [-0.25, -0.2) is 0 Å². The quantitative estimate of drug-likeness (QED) is 0.754. The Morgan fingerprint density at radius 2 is 2.33 bits per heavy atom. The summed E-state index contributed by atoms with van der Waals surface area (Å²) in [5.74, 6) is 0.438. The first-order valence-electron chi connectivity index (χ1n) is 4.70. The van der Waals surface area contributed by atoms with Crippen molar-refractivity contribution in [3.8, 4) is 0 Å². The average Bonchev–Trinajstić information content (AvgIpc) is 2.74. The van der Waals surface area contributed by atoms with Crippen LogP contribution in [0.2, 0.25) is 0 Å². The highest BCUT2D eigenvalue weighted by atomic mass is 79.9. The van der Waals surface area contributed by atoms with Crippen molar-refractivity contribution in [2.75, 3.05) is 6.61 Å². The first-order valence-corrected chi connectivity index (χ1v) is 7.10. The molecule has 1 aromatic rings.